The zero-order chi connectivity index (χ0) is 20.1. The van der Waals surface area contributed by atoms with Crippen LogP contribution in [0.2, 0.25) is 0 Å². The van der Waals surface area contributed by atoms with Gasteiger partial charge in [-0.15, -0.1) is 0 Å². The quantitative estimate of drug-likeness (QED) is 0.693. The Balaban J connectivity index is 1.63. The molecule has 7 heteroatoms. The molecule has 2 heterocycles. The van der Waals surface area contributed by atoms with Crippen LogP contribution in [-0.4, -0.2) is 42.2 Å². The lowest BCUT2D eigenvalue weighted by molar-refractivity contribution is -0.114. The monoisotopic (exact) mass is 389 g/mol. The second-order valence-electron chi connectivity index (χ2n) is 6.78. The van der Waals surface area contributed by atoms with E-state index in [1.54, 1.807) is 0 Å². The summed E-state index contributed by atoms with van der Waals surface area (Å²) >= 11 is 0. The molecule has 1 aliphatic heterocycles. The van der Waals surface area contributed by atoms with Gasteiger partial charge in [0.15, 0.2) is 0 Å². The summed E-state index contributed by atoms with van der Waals surface area (Å²) < 4.78 is 5.47. The molecular formula is C22H23N5O2. The van der Waals surface area contributed by atoms with Crippen molar-refractivity contribution in [2.75, 3.05) is 41.8 Å². The first-order chi connectivity index (χ1) is 14.2. The van der Waals surface area contributed by atoms with E-state index in [1.807, 2.05) is 60.7 Å². The number of hydrogen-bond acceptors (Lipinski definition) is 6. The number of amides is 1. The number of benzene rings is 2. The molecule has 1 amide bonds. The number of nitrogens with zero attached hydrogens (tertiary/aromatic N) is 3. The van der Waals surface area contributed by atoms with Gasteiger partial charge in [-0.1, -0.05) is 30.3 Å². The molecule has 1 fully saturated rings. The van der Waals surface area contributed by atoms with Gasteiger partial charge in [0.2, 0.25) is 11.9 Å². The molecule has 148 valence electrons. The molecule has 0 bridgehead atoms. The fourth-order valence-corrected chi connectivity index (χ4v) is 3.17. The molecule has 0 atom stereocenters. The van der Waals surface area contributed by atoms with Crippen LogP contribution in [-0.2, 0) is 9.53 Å². The summed E-state index contributed by atoms with van der Waals surface area (Å²) in [5.41, 5.74) is 3.49. The van der Waals surface area contributed by atoms with Crippen LogP contribution in [0.3, 0.4) is 0 Å². The summed E-state index contributed by atoms with van der Waals surface area (Å²) in [6.45, 7) is 4.48. The highest BCUT2D eigenvalue weighted by molar-refractivity contribution is 5.88. The lowest BCUT2D eigenvalue weighted by Crippen LogP contribution is -2.36. The van der Waals surface area contributed by atoms with E-state index in [9.17, 15) is 4.79 Å². The SMILES string of the molecule is CC(=O)Nc1ccc(Nc2nc(-c3ccccc3)cc(N3CCOCC3)n2)cc1. The van der Waals surface area contributed by atoms with Gasteiger partial charge < -0.3 is 20.3 Å². The van der Waals surface area contributed by atoms with E-state index >= 15 is 0 Å². The van der Waals surface area contributed by atoms with Crippen molar-refractivity contribution >= 4 is 29.0 Å². The summed E-state index contributed by atoms with van der Waals surface area (Å²) in [5.74, 6) is 1.30. The molecule has 0 unspecified atom stereocenters. The Bertz CT molecular complexity index is 970. The zero-order valence-corrected chi connectivity index (χ0v) is 16.3. The van der Waals surface area contributed by atoms with Crippen LogP contribution in [0.15, 0.2) is 60.7 Å². The third kappa shape index (κ3) is 4.89. The highest BCUT2D eigenvalue weighted by Gasteiger charge is 2.16. The van der Waals surface area contributed by atoms with Gasteiger partial charge in [0.25, 0.3) is 0 Å². The van der Waals surface area contributed by atoms with E-state index in [0.29, 0.717) is 19.2 Å². The van der Waals surface area contributed by atoms with Gasteiger partial charge in [0.05, 0.1) is 18.9 Å². The van der Waals surface area contributed by atoms with Crippen molar-refractivity contribution in [2.45, 2.75) is 6.92 Å². The average Bonchev–Trinajstić information content (AvgIpc) is 2.76. The first-order valence-corrected chi connectivity index (χ1v) is 9.59. The number of morpholine rings is 1. The number of carbonyl (C=O) groups is 1. The minimum atomic E-state index is -0.0974. The zero-order valence-electron chi connectivity index (χ0n) is 16.3. The second-order valence-corrected chi connectivity index (χ2v) is 6.78. The lowest BCUT2D eigenvalue weighted by atomic mass is 10.1. The van der Waals surface area contributed by atoms with Crippen LogP contribution < -0.4 is 15.5 Å². The van der Waals surface area contributed by atoms with Crippen molar-refractivity contribution < 1.29 is 9.53 Å². The number of nitrogens with one attached hydrogen (secondary N) is 2. The highest BCUT2D eigenvalue weighted by Crippen LogP contribution is 2.26. The predicted octanol–water partition coefficient (Wildman–Crippen LogP) is 3.68. The van der Waals surface area contributed by atoms with E-state index in [-0.39, 0.29) is 5.91 Å². The van der Waals surface area contributed by atoms with Crippen LogP contribution >= 0.6 is 0 Å². The Morgan fingerprint density at radius 2 is 1.66 bits per heavy atom. The van der Waals surface area contributed by atoms with Crippen LogP contribution in [0, 0.1) is 0 Å². The van der Waals surface area contributed by atoms with Gasteiger partial charge in [-0.3, -0.25) is 4.79 Å². The van der Waals surface area contributed by atoms with Gasteiger partial charge in [-0.2, -0.15) is 4.98 Å². The number of hydrogen-bond donors (Lipinski definition) is 2. The maximum atomic E-state index is 11.2. The van der Waals surface area contributed by atoms with E-state index in [0.717, 1.165) is 41.5 Å². The van der Waals surface area contributed by atoms with Crippen LogP contribution in [0.25, 0.3) is 11.3 Å². The number of ether oxygens (including phenoxy) is 1. The Labute approximate surface area is 169 Å². The lowest BCUT2D eigenvalue weighted by Gasteiger charge is -2.28. The highest BCUT2D eigenvalue weighted by atomic mass is 16.5. The van der Waals surface area contributed by atoms with Gasteiger partial charge >= 0.3 is 0 Å². The van der Waals surface area contributed by atoms with Gasteiger partial charge in [0, 0.05) is 43.0 Å². The van der Waals surface area contributed by atoms with E-state index in [4.69, 9.17) is 14.7 Å². The minimum Gasteiger partial charge on any atom is -0.378 e. The fourth-order valence-electron chi connectivity index (χ4n) is 3.17. The Morgan fingerprint density at radius 1 is 0.966 bits per heavy atom. The van der Waals surface area contributed by atoms with Crippen LogP contribution in [0.4, 0.5) is 23.1 Å². The summed E-state index contributed by atoms with van der Waals surface area (Å²) in [6, 6.07) is 19.5. The van der Waals surface area contributed by atoms with Crippen molar-refractivity contribution in [3.8, 4) is 11.3 Å². The van der Waals surface area contributed by atoms with E-state index in [2.05, 4.69) is 15.5 Å². The molecule has 7 nitrogen and oxygen atoms in total. The third-order valence-corrected chi connectivity index (χ3v) is 4.58. The molecule has 4 rings (SSSR count). The molecule has 0 spiro atoms. The Kier molecular flexibility index (Phi) is 5.67. The second kappa shape index (κ2) is 8.70. The molecule has 0 aliphatic carbocycles. The summed E-state index contributed by atoms with van der Waals surface area (Å²) in [5, 5.41) is 6.04. The van der Waals surface area contributed by atoms with E-state index in [1.165, 1.54) is 6.92 Å². The van der Waals surface area contributed by atoms with Crippen molar-refractivity contribution in [1.29, 1.82) is 0 Å². The number of rotatable bonds is 5. The van der Waals surface area contributed by atoms with Crippen molar-refractivity contribution in [3.63, 3.8) is 0 Å². The first-order valence-electron chi connectivity index (χ1n) is 9.59. The molecule has 29 heavy (non-hydrogen) atoms. The van der Waals surface area contributed by atoms with Crippen molar-refractivity contribution in [3.05, 3.63) is 60.7 Å². The van der Waals surface area contributed by atoms with Gasteiger partial charge in [0.1, 0.15) is 5.82 Å². The Hall–Kier alpha value is -3.45. The number of aromatic nitrogens is 2. The van der Waals surface area contributed by atoms with E-state index < -0.39 is 0 Å². The molecular weight excluding hydrogens is 366 g/mol. The standard InChI is InChI=1S/C22H23N5O2/c1-16(28)23-18-7-9-19(10-8-18)24-22-25-20(17-5-3-2-4-6-17)15-21(26-22)27-11-13-29-14-12-27/h2-10,15H,11-14H2,1H3,(H,23,28)(H,24,25,26). The molecule has 2 N–H and O–H groups in total. The Morgan fingerprint density at radius 3 is 2.34 bits per heavy atom. The molecule has 0 saturated carbocycles. The molecule has 1 aliphatic rings. The predicted molar refractivity (Wildman–Crippen MR) is 115 cm³/mol. The topological polar surface area (TPSA) is 79.4 Å². The average molecular weight is 389 g/mol. The fraction of sp³-hybridized carbons (Fsp3) is 0.227. The normalized spacial score (nSPS) is 13.8. The number of carbonyl (C=O) groups excluding carboxylic acids is 1. The van der Waals surface area contributed by atoms with Gasteiger partial charge in [-0.05, 0) is 24.3 Å². The maximum Gasteiger partial charge on any atom is 0.229 e. The minimum absolute atomic E-state index is 0.0974. The van der Waals surface area contributed by atoms with Crippen molar-refractivity contribution in [1.82, 2.24) is 9.97 Å². The molecule has 3 aromatic rings. The molecule has 0 radical (unpaired) electrons. The van der Waals surface area contributed by atoms with Crippen molar-refractivity contribution in [2.24, 2.45) is 0 Å². The molecule has 1 aromatic heterocycles. The third-order valence-electron chi connectivity index (χ3n) is 4.58. The molecule has 2 aromatic carbocycles. The van der Waals surface area contributed by atoms with Crippen LogP contribution in [0.5, 0.6) is 0 Å². The summed E-state index contributed by atoms with van der Waals surface area (Å²) in [6.07, 6.45) is 0. The van der Waals surface area contributed by atoms with Gasteiger partial charge in [-0.25, -0.2) is 4.98 Å². The van der Waals surface area contributed by atoms with Crippen LogP contribution in [0.1, 0.15) is 6.92 Å². The smallest absolute Gasteiger partial charge is 0.229 e. The molecule has 1 saturated heterocycles. The number of anilines is 4. The maximum absolute atomic E-state index is 11.2. The largest absolute Gasteiger partial charge is 0.378 e. The first kappa shape index (κ1) is 18.9. The summed E-state index contributed by atoms with van der Waals surface area (Å²) in [4.78, 5) is 22.8. The summed E-state index contributed by atoms with van der Waals surface area (Å²) in [7, 11) is 0.